The molecule has 0 amide bonds. The van der Waals surface area contributed by atoms with Crippen molar-refractivity contribution in [1.29, 1.82) is 0 Å². The molecule has 0 aliphatic heterocycles. The molecule has 23 heavy (non-hydrogen) atoms. The van der Waals surface area contributed by atoms with Crippen LogP contribution in [0.3, 0.4) is 0 Å². The van der Waals surface area contributed by atoms with Gasteiger partial charge < -0.3 is 5.32 Å². The van der Waals surface area contributed by atoms with Gasteiger partial charge in [0.25, 0.3) is 0 Å². The first-order valence-corrected chi connectivity index (χ1v) is 7.90. The molecule has 2 aromatic rings. The van der Waals surface area contributed by atoms with E-state index in [2.05, 4.69) is 15.5 Å². The topological polar surface area (TPSA) is 40.7 Å². The summed E-state index contributed by atoms with van der Waals surface area (Å²) in [5.41, 5.74) is 2.73. The summed E-state index contributed by atoms with van der Waals surface area (Å²) in [6.45, 7) is 2.43. The Morgan fingerprint density at radius 2 is 1.78 bits per heavy atom. The van der Waals surface area contributed by atoms with Crippen molar-refractivity contribution in [2.75, 3.05) is 0 Å². The standard InChI is InChI=1S/C17H20F3N3/c1-10-16(9-21-15-4-2-12(18)3-5-15)22-23-17(10)11-6-13(19)8-14(20)7-11/h6-8,12,15,21H,2-5,9H2,1H3,(H,22,23). The summed E-state index contributed by atoms with van der Waals surface area (Å²) in [4.78, 5) is 0. The fourth-order valence-corrected chi connectivity index (χ4v) is 3.08. The van der Waals surface area contributed by atoms with E-state index in [9.17, 15) is 13.2 Å². The molecule has 1 aliphatic rings. The van der Waals surface area contributed by atoms with E-state index in [4.69, 9.17) is 0 Å². The van der Waals surface area contributed by atoms with Crippen molar-refractivity contribution >= 4 is 0 Å². The number of nitrogens with one attached hydrogen (secondary N) is 2. The normalized spacial score (nSPS) is 21.6. The Bertz CT molecular complexity index is 655. The molecule has 0 atom stereocenters. The van der Waals surface area contributed by atoms with Crippen LogP contribution in [0.15, 0.2) is 18.2 Å². The molecule has 1 fully saturated rings. The zero-order valence-electron chi connectivity index (χ0n) is 13.0. The number of nitrogens with zero attached hydrogens (tertiary/aromatic N) is 1. The van der Waals surface area contributed by atoms with Crippen molar-refractivity contribution in [3.63, 3.8) is 0 Å². The molecular formula is C17H20F3N3. The van der Waals surface area contributed by atoms with Crippen LogP contribution in [0.2, 0.25) is 0 Å². The Morgan fingerprint density at radius 1 is 1.13 bits per heavy atom. The zero-order chi connectivity index (χ0) is 16.4. The van der Waals surface area contributed by atoms with Crippen LogP contribution in [0, 0.1) is 18.6 Å². The third-order valence-electron chi connectivity index (χ3n) is 4.48. The highest BCUT2D eigenvalue weighted by Crippen LogP contribution is 2.26. The molecular weight excluding hydrogens is 303 g/mol. The van der Waals surface area contributed by atoms with Crippen molar-refractivity contribution in [1.82, 2.24) is 15.5 Å². The number of aromatic amines is 1. The Labute approximate surface area is 133 Å². The van der Waals surface area contributed by atoms with Crippen LogP contribution in [0.1, 0.15) is 36.9 Å². The number of alkyl halides is 1. The molecule has 3 rings (SSSR count). The van der Waals surface area contributed by atoms with E-state index in [1.54, 1.807) is 0 Å². The fraction of sp³-hybridized carbons (Fsp3) is 0.471. The summed E-state index contributed by atoms with van der Waals surface area (Å²) in [6.07, 6.45) is 2.18. The minimum Gasteiger partial charge on any atom is -0.308 e. The highest BCUT2D eigenvalue weighted by molar-refractivity contribution is 5.63. The van der Waals surface area contributed by atoms with Gasteiger partial charge in [0.2, 0.25) is 0 Å². The molecule has 1 aromatic heterocycles. The van der Waals surface area contributed by atoms with Gasteiger partial charge in [-0.05, 0) is 50.3 Å². The third kappa shape index (κ3) is 3.75. The number of benzene rings is 1. The molecule has 1 aliphatic carbocycles. The van der Waals surface area contributed by atoms with Crippen LogP contribution in [-0.2, 0) is 6.54 Å². The zero-order valence-corrected chi connectivity index (χ0v) is 13.0. The molecule has 0 spiro atoms. The van der Waals surface area contributed by atoms with Crippen molar-refractivity contribution in [3.05, 3.63) is 41.1 Å². The van der Waals surface area contributed by atoms with E-state index in [-0.39, 0.29) is 0 Å². The molecule has 124 valence electrons. The summed E-state index contributed by atoms with van der Waals surface area (Å²) in [5.74, 6) is -1.23. The van der Waals surface area contributed by atoms with E-state index in [1.807, 2.05) is 6.92 Å². The minimum atomic E-state index is -0.672. The Hall–Kier alpha value is -1.82. The Morgan fingerprint density at radius 3 is 2.43 bits per heavy atom. The van der Waals surface area contributed by atoms with Gasteiger partial charge in [-0.1, -0.05) is 0 Å². The van der Waals surface area contributed by atoms with Crippen molar-refractivity contribution < 1.29 is 13.2 Å². The predicted octanol–water partition coefficient (Wildman–Crippen LogP) is 4.03. The largest absolute Gasteiger partial charge is 0.308 e. The third-order valence-corrected chi connectivity index (χ3v) is 4.48. The minimum absolute atomic E-state index is 0.299. The molecule has 2 N–H and O–H groups in total. The molecule has 3 nitrogen and oxygen atoms in total. The van der Waals surface area contributed by atoms with Gasteiger partial charge in [0.05, 0.1) is 11.4 Å². The van der Waals surface area contributed by atoms with Crippen molar-refractivity contribution in [2.45, 2.75) is 51.4 Å². The molecule has 0 unspecified atom stereocenters. The highest BCUT2D eigenvalue weighted by Gasteiger charge is 2.21. The van der Waals surface area contributed by atoms with Gasteiger partial charge >= 0.3 is 0 Å². The van der Waals surface area contributed by atoms with Gasteiger partial charge in [0, 0.05) is 24.2 Å². The van der Waals surface area contributed by atoms with E-state index < -0.39 is 17.8 Å². The molecule has 0 bridgehead atoms. The van der Waals surface area contributed by atoms with Crippen LogP contribution in [-0.4, -0.2) is 22.4 Å². The molecule has 6 heteroatoms. The molecule has 0 radical (unpaired) electrons. The predicted molar refractivity (Wildman–Crippen MR) is 82.7 cm³/mol. The van der Waals surface area contributed by atoms with E-state index in [0.717, 1.165) is 30.2 Å². The lowest BCUT2D eigenvalue weighted by molar-refractivity contribution is 0.219. The maximum Gasteiger partial charge on any atom is 0.126 e. The second-order valence-electron chi connectivity index (χ2n) is 6.16. The lowest BCUT2D eigenvalue weighted by Crippen LogP contribution is -2.33. The highest BCUT2D eigenvalue weighted by atomic mass is 19.1. The van der Waals surface area contributed by atoms with E-state index in [0.29, 0.717) is 36.7 Å². The lowest BCUT2D eigenvalue weighted by Gasteiger charge is -2.24. The number of hydrogen-bond donors (Lipinski definition) is 2. The van der Waals surface area contributed by atoms with Gasteiger partial charge in [0.1, 0.15) is 17.8 Å². The van der Waals surface area contributed by atoms with Gasteiger partial charge in [-0.2, -0.15) is 5.10 Å². The summed E-state index contributed by atoms with van der Waals surface area (Å²) < 4.78 is 39.8. The second kappa shape index (κ2) is 6.74. The number of halogens is 3. The quantitative estimate of drug-likeness (QED) is 0.892. The van der Waals surface area contributed by atoms with E-state index >= 15 is 0 Å². The van der Waals surface area contributed by atoms with Gasteiger partial charge in [-0.3, -0.25) is 5.10 Å². The fourth-order valence-electron chi connectivity index (χ4n) is 3.08. The lowest BCUT2D eigenvalue weighted by atomic mass is 9.94. The van der Waals surface area contributed by atoms with E-state index in [1.165, 1.54) is 12.1 Å². The number of aromatic nitrogens is 2. The molecule has 1 heterocycles. The monoisotopic (exact) mass is 323 g/mol. The number of H-pyrrole nitrogens is 1. The van der Waals surface area contributed by atoms with Crippen LogP contribution < -0.4 is 5.32 Å². The van der Waals surface area contributed by atoms with Gasteiger partial charge in [-0.25, -0.2) is 13.2 Å². The molecule has 1 aromatic carbocycles. The smallest absolute Gasteiger partial charge is 0.126 e. The summed E-state index contributed by atoms with van der Waals surface area (Å²) in [5, 5.41) is 10.5. The van der Waals surface area contributed by atoms with Crippen LogP contribution in [0.5, 0.6) is 0 Å². The Balaban J connectivity index is 1.69. The average Bonchev–Trinajstić information content (AvgIpc) is 2.87. The first kappa shape index (κ1) is 16.1. The number of rotatable bonds is 4. The first-order chi connectivity index (χ1) is 11.0. The van der Waals surface area contributed by atoms with Crippen molar-refractivity contribution in [3.8, 4) is 11.3 Å². The van der Waals surface area contributed by atoms with Crippen LogP contribution >= 0.6 is 0 Å². The summed E-state index contributed by atoms with van der Waals surface area (Å²) in [6, 6.07) is 3.71. The summed E-state index contributed by atoms with van der Waals surface area (Å²) in [7, 11) is 0. The van der Waals surface area contributed by atoms with Crippen LogP contribution in [0.25, 0.3) is 11.3 Å². The summed E-state index contributed by atoms with van der Waals surface area (Å²) >= 11 is 0. The van der Waals surface area contributed by atoms with Crippen molar-refractivity contribution in [2.24, 2.45) is 0 Å². The average molecular weight is 323 g/mol. The SMILES string of the molecule is Cc1c(CNC2CCC(F)CC2)n[nH]c1-c1cc(F)cc(F)c1. The number of hydrogen-bond acceptors (Lipinski definition) is 2. The first-order valence-electron chi connectivity index (χ1n) is 7.90. The molecule has 1 saturated carbocycles. The van der Waals surface area contributed by atoms with Gasteiger partial charge in [-0.15, -0.1) is 0 Å². The second-order valence-corrected chi connectivity index (χ2v) is 6.16. The van der Waals surface area contributed by atoms with Gasteiger partial charge in [0.15, 0.2) is 0 Å². The van der Waals surface area contributed by atoms with Crippen LogP contribution in [0.4, 0.5) is 13.2 Å². The Kier molecular flexibility index (Phi) is 4.71. The maximum absolute atomic E-state index is 13.4. The molecule has 0 saturated heterocycles. The maximum atomic E-state index is 13.4.